The van der Waals surface area contributed by atoms with Crippen molar-refractivity contribution in [1.82, 2.24) is 14.9 Å². The zero-order valence-electron chi connectivity index (χ0n) is 15.8. The minimum Gasteiger partial charge on any atom is -0.507 e. The summed E-state index contributed by atoms with van der Waals surface area (Å²) in [7, 11) is 0. The van der Waals surface area contributed by atoms with Crippen LogP contribution in [-0.4, -0.2) is 31.7 Å². The van der Waals surface area contributed by atoms with Gasteiger partial charge < -0.3 is 19.4 Å². The van der Waals surface area contributed by atoms with Crippen molar-refractivity contribution < 1.29 is 19.1 Å². The molecule has 0 saturated carbocycles. The Balaban J connectivity index is 1.69. The largest absolute Gasteiger partial charge is 0.507 e. The molecule has 4 heterocycles. The maximum absolute atomic E-state index is 13.0. The van der Waals surface area contributed by atoms with Gasteiger partial charge in [0, 0.05) is 28.9 Å². The number of rotatable bonds is 4. The molecule has 1 amide bonds. The van der Waals surface area contributed by atoms with Gasteiger partial charge in [-0.05, 0) is 30.3 Å². The van der Waals surface area contributed by atoms with Crippen molar-refractivity contribution in [3.63, 3.8) is 0 Å². The van der Waals surface area contributed by atoms with Gasteiger partial charge in [0.25, 0.3) is 11.7 Å². The molecule has 0 radical (unpaired) electrons. The minimum atomic E-state index is -0.829. The molecule has 4 aromatic rings. The van der Waals surface area contributed by atoms with E-state index in [0.29, 0.717) is 17.0 Å². The molecule has 148 valence electrons. The number of ketones is 1. The lowest BCUT2D eigenvalue weighted by atomic mass is 9.98. The molecule has 1 aliphatic heterocycles. The van der Waals surface area contributed by atoms with Gasteiger partial charge in [-0.3, -0.25) is 14.6 Å². The highest BCUT2D eigenvalue weighted by Crippen LogP contribution is 2.40. The Bertz CT molecular complexity index is 1270. The van der Waals surface area contributed by atoms with Crippen LogP contribution in [0.5, 0.6) is 0 Å². The van der Waals surface area contributed by atoms with Crippen LogP contribution < -0.4 is 0 Å². The number of aromatic nitrogens is 2. The number of aliphatic hydroxyl groups excluding tert-OH is 1. The monoisotopic (exact) mass is 399 g/mol. The van der Waals surface area contributed by atoms with Crippen LogP contribution in [-0.2, 0) is 16.1 Å². The quantitative estimate of drug-likeness (QED) is 0.309. The van der Waals surface area contributed by atoms with Crippen LogP contribution >= 0.6 is 0 Å². The van der Waals surface area contributed by atoms with Crippen LogP contribution in [0, 0.1) is 0 Å². The summed E-state index contributed by atoms with van der Waals surface area (Å²) in [5, 5.41) is 11.9. The Morgan fingerprint density at radius 3 is 2.70 bits per heavy atom. The lowest BCUT2D eigenvalue weighted by molar-refractivity contribution is -0.140. The Hall–Kier alpha value is -4.13. The van der Waals surface area contributed by atoms with E-state index in [-0.39, 0.29) is 17.9 Å². The fraction of sp³-hybridized carbons (Fsp3) is 0.0870. The van der Waals surface area contributed by atoms with E-state index in [1.165, 1.54) is 11.2 Å². The van der Waals surface area contributed by atoms with E-state index in [4.69, 9.17) is 4.42 Å². The third kappa shape index (κ3) is 2.79. The highest BCUT2D eigenvalue weighted by Gasteiger charge is 2.47. The average molecular weight is 399 g/mol. The molecule has 1 aromatic carbocycles. The lowest BCUT2D eigenvalue weighted by Gasteiger charge is -2.23. The summed E-state index contributed by atoms with van der Waals surface area (Å²) in [6.45, 7) is 0.0868. The van der Waals surface area contributed by atoms with Gasteiger partial charge in [0.1, 0.15) is 17.6 Å². The first-order valence-electron chi connectivity index (χ1n) is 9.43. The summed E-state index contributed by atoms with van der Waals surface area (Å²) in [4.78, 5) is 34.8. The van der Waals surface area contributed by atoms with E-state index >= 15 is 0 Å². The predicted molar refractivity (Wildman–Crippen MR) is 109 cm³/mol. The summed E-state index contributed by atoms with van der Waals surface area (Å²) in [6, 6.07) is 15.3. The number of aliphatic hydroxyl groups is 1. The van der Waals surface area contributed by atoms with Gasteiger partial charge in [0.15, 0.2) is 0 Å². The summed E-state index contributed by atoms with van der Waals surface area (Å²) in [6.07, 6.45) is 4.73. The highest BCUT2D eigenvalue weighted by molar-refractivity contribution is 6.46. The normalized spacial score (nSPS) is 18.4. The maximum Gasteiger partial charge on any atom is 0.296 e. The van der Waals surface area contributed by atoms with Crippen molar-refractivity contribution in [2.75, 3.05) is 0 Å². The van der Waals surface area contributed by atoms with Crippen molar-refractivity contribution in [2.45, 2.75) is 12.6 Å². The standard InChI is InChI=1S/C23H17N3O4/c27-21(16-12-25-17-8-2-1-7-15(16)17)19-20(18-9-3-4-10-24-18)26(23(29)22(19)28)13-14-6-5-11-30-14/h1-12,20,25,27H,13H2/b21-19-. The molecule has 1 aliphatic rings. The minimum absolute atomic E-state index is 0.00927. The number of hydrogen-bond donors (Lipinski definition) is 2. The van der Waals surface area contributed by atoms with E-state index in [9.17, 15) is 14.7 Å². The number of pyridine rings is 1. The first kappa shape index (κ1) is 17.9. The summed E-state index contributed by atoms with van der Waals surface area (Å²) in [5.41, 5.74) is 1.78. The molecule has 1 fully saturated rings. The van der Waals surface area contributed by atoms with Gasteiger partial charge in [0.05, 0.1) is 24.1 Å². The smallest absolute Gasteiger partial charge is 0.296 e. The van der Waals surface area contributed by atoms with Crippen molar-refractivity contribution in [3.05, 3.63) is 95.8 Å². The second-order valence-corrected chi connectivity index (χ2v) is 7.01. The molecule has 1 saturated heterocycles. The number of amides is 1. The number of H-pyrrole nitrogens is 1. The summed E-state index contributed by atoms with van der Waals surface area (Å²) < 4.78 is 5.38. The number of aromatic amines is 1. The molecule has 0 bridgehead atoms. The number of furan rings is 1. The van der Waals surface area contributed by atoms with Crippen LogP contribution in [0.4, 0.5) is 0 Å². The Morgan fingerprint density at radius 2 is 1.93 bits per heavy atom. The number of fused-ring (bicyclic) bond motifs is 1. The number of hydrogen-bond acceptors (Lipinski definition) is 5. The molecule has 7 nitrogen and oxygen atoms in total. The third-order valence-electron chi connectivity index (χ3n) is 5.26. The first-order chi connectivity index (χ1) is 14.6. The molecule has 1 unspecified atom stereocenters. The Morgan fingerprint density at radius 1 is 1.10 bits per heavy atom. The second kappa shape index (κ2) is 7.04. The van der Waals surface area contributed by atoms with Gasteiger partial charge in [-0.15, -0.1) is 0 Å². The maximum atomic E-state index is 13.0. The molecule has 0 aliphatic carbocycles. The van der Waals surface area contributed by atoms with Gasteiger partial charge in [-0.1, -0.05) is 24.3 Å². The van der Waals surface area contributed by atoms with Crippen LogP contribution in [0.1, 0.15) is 23.1 Å². The van der Waals surface area contributed by atoms with E-state index < -0.39 is 17.7 Å². The SMILES string of the molecule is O=C1C(=O)N(Cc2ccco2)C(c2ccccn2)/C1=C(/O)c1c[nH]c2ccccc12. The van der Waals surface area contributed by atoms with Crippen molar-refractivity contribution in [2.24, 2.45) is 0 Å². The van der Waals surface area contributed by atoms with Crippen LogP contribution in [0.15, 0.2) is 83.2 Å². The molecular formula is C23H17N3O4. The van der Waals surface area contributed by atoms with Gasteiger partial charge in [-0.2, -0.15) is 0 Å². The van der Waals surface area contributed by atoms with Crippen molar-refractivity contribution in [3.8, 4) is 0 Å². The number of benzene rings is 1. The van der Waals surface area contributed by atoms with E-state index in [1.54, 1.807) is 42.7 Å². The average Bonchev–Trinajstić information content (AvgIpc) is 3.49. The van der Waals surface area contributed by atoms with Crippen molar-refractivity contribution >= 4 is 28.4 Å². The predicted octanol–water partition coefficient (Wildman–Crippen LogP) is 3.78. The summed E-state index contributed by atoms with van der Waals surface area (Å²) in [5.74, 6) is -1.16. The van der Waals surface area contributed by atoms with E-state index in [0.717, 1.165) is 10.9 Å². The molecule has 1 atom stereocenters. The van der Waals surface area contributed by atoms with Crippen LogP contribution in [0.2, 0.25) is 0 Å². The Kier molecular flexibility index (Phi) is 4.21. The van der Waals surface area contributed by atoms with E-state index in [1.807, 2.05) is 24.3 Å². The lowest BCUT2D eigenvalue weighted by Crippen LogP contribution is -2.29. The number of likely N-dealkylation sites (tertiary alicyclic amines) is 1. The first-order valence-corrected chi connectivity index (χ1v) is 9.43. The molecule has 7 heteroatoms. The van der Waals surface area contributed by atoms with Crippen LogP contribution in [0.3, 0.4) is 0 Å². The number of carbonyl (C=O) groups excluding carboxylic acids is 2. The summed E-state index contributed by atoms with van der Waals surface area (Å²) >= 11 is 0. The van der Waals surface area contributed by atoms with Gasteiger partial charge in [-0.25, -0.2) is 0 Å². The number of nitrogens with one attached hydrogen (secondary N) is 1. The van der Waals surface area contributed by atoms with E-state index in [2.05, 4.69) is 9.97 Å². The van der Waals surface area contributed by atoms with Crippen molar-refractivity contribution in [1.29, 1.82) is 0 Å². The number of nitrogens with zero attached hydrogens (tertiary/aromatic N) is 2. The molecular weight excluding hydrogens is 382 g/mol. The highest BCUT2D eigenvalue weighted by atomic mass is 16.3. The zero-order chi connectivity index (χ0) is 20.7. The van der Waals surface area contributed by atoms with Gasteiger partial charge >= 0.3 is 0 Å². The molecule has 3 aromatic heterocycles. The topological polar surface area (TPSA) is 99.4 Å². The molecule has 2 N–H and O–H groups in total. The fourth-order valence-corrected chi connectivity index (χ4v) is 3.87. The third-order valence-corrected chi connectivity index (χ3v) is 5.26. The van der Waals surface area contributed by atoms with Gasteiger partial charge in [0.2, 0.25) is 0 Å². The Labute approximate surface area is 171 Å². The number of Topliss-reactive ketones (excluding diaryl/α,β-unsaturated/α-hetero) is 1. The number of para-hydroxylation sites is 1. The molecule has 0 spiro atoms. The molecule has 30 heavy (non-hydrogen) atoms. The molecule has 5 rings (SSSR count). The van der Waals surface area contributed by atoms with Crippen LogP contribution in [0.25, 0.3) is 16.7 Å². The fourth-order valence-electron chi connectivity index (χ4n) is 3.87. The number of carbonyl (C=O) groups is 2. The second-order valence-electron chi connectivity index (χ2n) is 7.01. The zero-order valence-corrected chi connectivity index (χ0v) is 15.8.